The third-order valence-corrected chi connectivity index (χ3v) is 1.64. The summed E-state index contributed by atoms with van der Waals surface area (Å²) < 4.78 is 5.44. The molecule has 0 heterocycles. The van der Waals surface area contributed by atoms with Gasteiger partial charge in [-0.1, -0.05) is 6.07 Å². The first-order valence-electron chi connectivity index (χ1n) is 4.27. The molecule has 0 aliphatic carbocycles. The minimum Gasteiger partial charge on any atom is -0.492 e. The van der Waals surface area contributed by atoms with E-state index >= 15 is 0 Å². The zero-order chi connectivity index (χ0) is 9.68. The van der Waals surface area contributed by atoms with Crippen LogP contribution in [0.2, 0.25) is 0 Å². The Morgan fingerprint density at radius 3 is 2.77 bits per heavy atom. The molecule has 0 atom stereocenters. The molecule has 1 radical (unpaired) electrons. The van der Waals surface area contributed by atoms with E-state index in [0.717, 1.165) is 12.3 Å². The van der Waals surface area contributed by atoms with Gasteiger partial charge in [-0.3, -0.25) is 0 Å². The van der Waals surface area contributed by atoms with Gasteiger partial charge in [-0.2, -0.15) is 0 Å². The highest BCUT2D eigenvalue weighted by molar-refractivity contribution is 5.40. The number of nitrogens with zero attached hydrogens (tertiary/aromatic N) is 1. The molecule has 0 aliphatic rings. The fraction of sp³-hybridized carbons (Fsp3) is 0.400. The average molecular weight is 179 g/mol. The molecule has 0 spiro atoms. The molecule has 1 rings (SSSR count). The lowest BCUT2D eigenvalue weighted by molar-refractivity contribution is 0.261. The Balaban J connectivity index is 2.37. The first-order chi connectivity index (χ1) is 6.18. The summed E-state index contributed by atoms with van der Waals surface area (Å²) in [5.41, 5.74) is 7.85. The van der Waals surface area contributed by atoms with Gasteiger partial charge < -0.3 is 15.4 Å². The van der Waals surface area contributed by atoms with Gasteiger partial charge >= 0.3 is 0 Å². The number of ether oxygens (including phenoxy) is 1. The van der Waals surface area contributed by atoms with E-state index in [4.69, 9.17) is 10.5 Å². The monoisotopic (exact) mass is 179 g/mol. The Morgan fingerprint density at radius 2 is 2.15 bits per heavy atom. The fourth-order valence-electron chi connectivity index (χ4n) is 0.932. The summed E-state index contributed by atoms with van der Waals surface area (Å²) in [5, 5.41) is 0. The van der Waals surface area contributed by atoms with Gasteiger partial charge in [0.1, 0.15) is 12.4 Å². The minimum atomic E-state index is 0.488. The van der Waals surface area contributed by atoms with Crippen molar-refractivity contribution < 1.29 is 4.74 Å². The maximum Gasteiger partial charge on any atom is 0.121 e. The van der Waals surface area contributed by atoms with Crippen molar-refractivity contribution in [3.63, 3.8) is 0 Å². The van der Waals surface area contributed by atoms with Crippen molar-refractivity contribution in [3.05, 3.63) is 24.3 Å². The van der Waals surface area contributed by atoms with Crippen LogP contribution in [0.15, 0.2) is 24.3 Å². The molecule has 0 aromatic heterocycles. The van der Waals surface area contributed by atoms with E-state index in [1.807, 2.05) is 26.2 Å². The Hall–Kier alpha value is -1.22. The van der Waals surface area contributed by atoms with Gasteiger partial charge in [0.05, 0.1) is 5.69 Å². The van der Waals surface area contributed by atoms with Crippen LogP contribution >= 0.6 is 0 Å². The molecule has 0 amide bonds. The Morgan fingerprint density at radius 1 is 1.38 bits per heavy atom. The largest absolute Gasteiger partial charge is 0.492 e. The maximum absolute atomic E-state index is 7.37. The lowest BCUT2D eigenvalue weighted by Gasteiger charge is -2.10. The summed E-state index contributed by atoms with van der Waals surface area (Å²) in [6, 6.07) is 7.15. The van der Waals surface area contributed by atoms with E-state index in [9.17, 15) is 0 Å². The van der Waals surface area contributed by atoms with Gasteiger partial charge in [0.2, 0.25) is 0 Å². The summed E-state index contributed by atoms with van der Waals surface area (Å²) in [7, 11) is 4.01. The zero-order valence-corrected chi connectivity index (χ0v) is 8.08. The topological polar surface area (TPSA) is 36.3 Å². The molecule has 13 heavy (non-hydrogen) atoms. The van der Waals surface area contributed by atoms with E-state index in [1.54, 1.807) is 12.1 Å². The molecule has 0 unspecified atom stereocenters. The number of benzene rings is 1. The Kier molecular flexibility index (Phi) is 3.58. The second-order valence-corrected chi connectivity index (χ2v) is 3.18. The summed E-state index contributed by atoms with van der Waals surface area (Å²) in [5.74, 6) is 0.773. The minimum absolute atomic E-state index is 0.488. The second kappa shape index (κ2) is 4.72. The molecular formula is C10H15N2O. The van der Waals surface area contributed by atoms with E-state index in [0.29, 0.717) is 12.3 Å². The zero-order valence-electron chi connectivity index (χ0n) is 8.08. The number of hydrogen-bond acceptors (Lipinski definition) is 2. The lowest BCUT2D eigenvalue weighted by Crippen LogP contribution is -2.19. The number of hydrogen-bond donors (Lipinski definition) is 0. The molecule has 0 saturated carbocycles. The first kappa shape index (κ1) is 9.86. The van der Waals surface area contributed by atoms with Gasteiger partial charge in [-0.15, -0.1) is 0 Å². The molecule has 3 nitrogen and oxygen atoms in total. The Bertz CT molecular complexity index is 261. The third kappa shape index (κ3) is 3.80. The van der Waals surface area contributed by atoms with Crippen LogP contribution in [0.25, 0.3) is 0 Å². The van der Waals surface area contributed by atoms with Crippen LogP contribution in [-0.4, -0.2) is 32.1 Å². The molecule has 1 aromatic rings. The molecule has 0 bridgehead atoms. The average Bonchev–Trinajstić information content (AvgIpc) is 2.03. The van der Waals surface area contributed by atoms with Crippen molar-refractivity contribution in [3.8, 4) is 5.75 Å². The number of likely N-dealkylation sites (N-methyl/N-ethyl adjacent to an activating group) is 1. The van der Waals surface area contributed by atoms with Crippen LogP contribution in [0.5, 0.6) is 5.75 Å². The second-order valence-electron chi connectivity index (χ2n) is 3.18. The van der Waals surface area contributed by atoms with Crippen molar-refractivity contribution in [2.45, 2.75) is 0 Å². The van der Waals surface area contributed by atoms with Crippen LogP contribution in [0.4, 0.5) is 5.69 Å². The van der Waals surface area contributed by atoms with Gasteiger partial charge in [-0.25, -0.2) is 0 Å². The molecule has 0 aliphatic heterocycles. The highest BCUT2D eigenvalue weighted by atomic mass is 16.5. The van der Waals surface area contributed by atoms with Crippen molar-refractivity contribution >= 4 is 5.69 Å². The Labute approximate surface area is 79.1 Å². The molecule has 0 saturated heterocycles. The van der Waals surface area contributed by atoms with Gasteiger partial charge in [0, 0.05) is 12.6 Å². The summed E-state index contributed by atoms with van der Waals surface area (Å²) in [6.07, 6.45) is 0. The standard InChI is InChI=1S/C10H15N2O/c1-12(2)6-7-13-10-5-3-4-9(11)8-10/h3-5,8,11H,6-7H2,1-2H3. The van der Waals surface area contributed by atoms with Crippen LogP contribution < -0.4 is 10.5 Å². The number of rotatable bonds is 4. The lowest BCUT2D eigenvalue weighted by atomic mass is 10.3. The van der Waals surface area contributed by atoms with Crippen LogP contribution in [0.1, 0.15) is 0 Å². The highest BCUT2D eigenvalue weighted by Gasteiger charge is 1.94. The van der Waals surface area contributed by atoms with E-state index < -0.39 is 0 Å². The third-order valence-electron chi connectivity index (χ3n) is 1.64. The predicted octanol–water partition coefficient (Wildman–Crippen LogP) is 1.54. The molecule has 0 fully saturated rings. The van der Waals surface area contributed by atoms with Crippen molar-refractivity contribution in [1.29, 1.82) is 0 Å². The molecule has 71 valence electrons. The van der Waals surface area contributed by atoms with Gasteiger partial charge in [-0.05, 0) is 26.2 Å². The van der Waals surface area contributed by atoms with E-state index in [1.165, 1.54) is 0 Å². The van der Waals surface area contributed by atoms with Gasteiger partial charge in [0.15, 0.2) is 0 Å². The fourth-order valence-corrected chi connectivity index (χ4v) is 0.932. The smallest absolute Gasteiger partial charge is 0.121 e. The summed E-state index contributed by atoms with van der Waals surface area (Å²) in [4.78, 5) is 2.06. The molecule has 3 heteroatoms. The molecule has 1 N–H and O–H groups in total. The van der Waals surface area contributed by atoms with E-state index in [-0.39, 0.29) is 0 Å². The molecule has 1 aromatic carbocycles. The SMILES string of the molecule is CN(C)CCOc1cccc([NH])c1. The summed E-state index contributed by atoms with van der Waals surface area (Å²) >= 11 is 0. The van der Waals surface area contributed by atoms with Crippen LogP contribution in [0, 0.1) is 0 Å². The van der Waals surface area contributed by atoms with E-state index in [2.05, 4.69) is 4.90 Å². The number of nitrogens with one attached hydrogen (secondary N) is 1. The van der Waals surface area contributed by atoms with Crippen LogP contribution in [-0.2, 0) is 0 Å². The van der Waals surface area contributed by atoms with Crippen molar-refractivity contribution in [1.82, 2.24) is 10.6 Å². The van der Waals surface area contributed by atoms with Gasteiger partial charge in [0.25, 0.3) is 0 Å². The van der Waals surface area contributed by atoms with Crippen molar-refractivity contribution in [2.75, 3.05) is 27.2 Å². The highest BCUT2D eigenvalue weighted by Crippen LogP contribution is 2.15. The summed E-state index contributed by atoms with van der Waals surface area (Å²) in [6.45, 7) is 1.55. The maximum atomic E-state index is 7.37. The van der Waals surface area contributed by atoms with Crippen molar-refractivity contribution in [2.24, 2.45) is 0 Å². The van der Waals surface area contributed by atoms with Crippen LogP contribution in [0.3, 0.4) is 0 Å². The quantitative estimate of drug-likeness (QED) is 0.703. The molecular weight excluding hydrogens is 164 g/mol. The normalized spacial score (nSPS) is 10.4. The predicted molar refractivity (Wildman–Crippen MR) is 53.2 cm³/mol. The first-order valence-corrected chi connectivity index (χ1v) is 4.27.